The zero-order valence-electron chi connectivity index (χ0n) is 18.2. The lowest BCUT2D eigenvalue weighted by Crippen LogP contribution is -2.57. The van der Waals surface area contributed by atoms with E-state index in [2.05, 4.69) is 10.3 Å². The molecule has 2 heterocycles. The van der Waals surface area contributed by atoms with Gasteiger partial charge in [0.05, 0.1) is 17.7 Å². The summed E-state index contributed by atoms with van der Waals surface area (Å²) in [6.07, 6.45) is -2.30. The molecular weight excluding hydrogens is 433 g/mol. The lowest BCUT2D eigenvalue weighted by atomic mass is 9.99. The largest absolute Gasteiger partial charge is 0.417 e. The van der Waals surface area contributed by atoms with E-state index < -0.39 is 23.7 Å². The number of rotatable bonds is 5. The van der Waals surface area contributed by atoms with Gasteiger partial charge in [0, 0.05) is 49.8 Å². The van der Waals surface area contributed by atoms with Crippen molar-refractivity contribution in [2.24, 2.45) is 0 Å². The van der Waals surface area contributed by atoms with Crippen molar-refractivity contribution < 1.29 is 22.8 Å². The van der Waals surface area contributed by atoms with Crippen LogP contribution >= 0.6 is 0 Å². The van der Waals surface area contributed by atoms with Crippen molar-refractivity contribution >= 4 is 22.7 Å². The fourth-order valence-corrected chi connectivity index (χ4v) is 4.41. The molecule has 33 heavy (non-hydrogen) atoms. The lowest BCUT2D eigenvalue weighted by molar-refractivity contribution is -0.138. The van der Waals surface area contributed by atoms with Crippen LogP contribution < -0.4 is 5.32 Å². The van der Waals surface area contributed by atoms with E-state index in [0.29, 0.717) is 19.5 Å². The van der Waals surface area contributed by atoms with Crippen molar-refractivity contribution in [1.29, 1.82) is 0 Å². The van der Waals surface area contributed by atoms with E-state index >= 15 is 0 Å². The number of hydrogen-bond donors (Lipinski definition) is 2. The third-order valence-electron chi connectivity index (χ3n) is 6.07. The Morgan fingerprint density at radius 1 is 1.09 bits per heavy atom. The fourth-order valence-electron chi connectivity index (χ4n) is 4.41. The molecule has 1 fully saturated rings. The number of H-pyrrole nitrogens is 1. The van der Waals surface area contributed by atoms with Gasteiger partial charge in [0.15, 0.2) is 0 Å². The number of piperazine rings is 1. The molecule has 0 radical (unpaired) electrons. The van der Waals surface area contributed by atoms with Crippen LogP contribution in [-0.4, -0.2) is 65.9 Å². The van der Waals surface area contributed by atoms with Crippen LogP contribution in [0.4, 0.5) is 13.2 Å². The van der Waals surface area contributed by atoms with Crippen LogP contribution in [0, 0.1) is 0 Å². The summed E-state index contributed by atoms with van der Waals surface area (Å²) < 4.78 is 40.7. The molecule has 0 aliphatic carbocycles. The Morgan fingerprint density at radius 3 is 2.58 bits per heavy atom. The normalized spacial score (nSPS) is 17.3. The van der Waals surface area contributed by atoms with E-state index in [0.717, 1.165) is 22.5 Å². The molecule has 2 N–H and O–H groups in total. The first kappa shape index (κ1) is 22.8. The van der Waals surface area contributed by atoms with Gasteiger partial charge in [-0.1, -0.05) is 30.3 Å². The molecule has 1 unspecified atom stereocenters. The summed E-state index contributed by atoms with van der Waals surface area (Å²) in [5, 5.41) is 3.59. The molecule has 2 aromatic carbocycles. The van der Waals surface area contributed by atoms with Crippen LogP contribution in [0.25, 0.3) is 10.9 Å². The summed E-state index contributed by atoms with van der Waals surface area (Å²) in [5.74, 6) is -0.796. The zero-order valence-corrected chi connectivity index (χ0v) is 18.2. The molecule has 6 nitrogen and oxygen atoms in total. The van der Waals surface area contributed by atoms with Gasteiger partial charge in [0.25, 0.3) is 5.91 Å². The Balaban J connectivity index is 1.65. The van der Waals surface area contributed by atoms with Gasteiger partial charge in [0.1, 0.15) is 0 Å². The molecule has 1 atom stereocenters. The first-order valence-electron chi connectivity index (χ1n) is 10.7. The van der Waals surface area contributed by atoms with E-state index in [4.69, 9.17) is 0 Å². The fraction of sp³-hybridized carbons (Fsp3) is 0.333. The number of carbonyl (C=O) groups is 2. The summed E-state index contributed by atoms with van der Waals surface area (Å²) in [6, 6.07) is 12.2. The third-order valence-corrected chi connectivity index (χ3v) is 6.07. The molecule has 0 spiro atoms. The molecule has 9 heteroatoms. The van der Waals surface area contributed by atoms with Crippen molar-refractivity contribution in [2.45, 2.75) is 18.6 Å². The van der Waals surface area contributed by atoms with Crippen LogP contribution in [0.1, 0.15) is 21.5 Å². The average Bonchev–Trinajstić information content (AvgIpc) is 3.21. The summed E-state index contributed by atoms with van der Waals surface area (Å²) in [4.78, 5) is 31.9. The first-order chi connectivity index (χ1) is 15.8. The van der Waals surface area contributed by atoms with Crippen LogP contribution in [-0.2, 0) is 17.4 Å². The number of nitrogens with zero attached hydrogens (tertiary/aromatic N) is 2. The molecule has 4 rings (SSSR count). The summed E-state index contributed by atoms with van der Waals surface area (Å²) in [6.45, 7) is 1.18. The van der Waals surface area contributed by atoms with Gasteiger partial charge in [-0.2, -0.15) is 13.2 Å². The Kier molecular flexibility index (Phi) is 6.42. The summed E-state index contributed by atoms with van der Waals surface area (Å²) in [5.41, 5.74) is 0.632. The van der Waals surface area contributed by atoms with Gasteiger partial charge in [-0.3, -0.25) is 14.5 Å². The Hall–Kier alpha value is -3.33. The molecule has 0 bridgehead atoms. The number of carbonyl (C=O) groups excluding carboxylic acids is 2. The highest BCUT2D eigenvalue weighted by Gasteiger charge is 2.38. The second kappa shape index (κ2) is 9.27. The maximum absolute atomic E-state index is 13.6. The summed E-state index contributed by atoms with van der Waals surface area (Å²) in [7, 11) is 1.56. The number of alkyl halides is 3. The highest BCUT2D eigenvalue weighted by atomic mass is 19.4. The van der Waals surface area contributed by atoms with Crippen molar-refractivity contribution in [1.82, 2.24) is 20.1 Å². The topological polar surface area (TPSA) is 68.4 Å². The number of benzene rings is 2. The van der Waals surface area contributed by atoms with E-state index in [9.17, 15) is 22.8 Å². The van der Waals surface area contributed by atoms with Gasteiger partial charge in [-0.15, -0.1) is 0 Å². The minimum absolute atomic E-state index is 0.150. The predicted molar refractivity (Wildman–Crippen MR) is 119 cm³/mol. The van der Waals surface area contributed by atoms with Gasteiger partial charge in [-0.25, -0.2) is 0 Å². The van der Waals surface area contributed by atoms with E-state index in [-0.39, 0.29) is 24.6 Å². The minimum Gasteiger partial charge on any atom is -0.361 e. The summed E-state index contributed by atoms with van der Waals surface area (Å²) >= 11 is 0. The van der Waals surface area contributed by atoms with E-state index in [1.165, 1.54) is 23.1 Å². The number of likely N-dealkylation sites (N-methyl/N-ethyl adjacent to an activating group) is 1. The number of halogens is 3. The van der Waals surface area contributed by atoms with Crippen molar-refractivity contribution in [2.75, 3.05) is 33.2 Å². The van der Waals surface area contributed by atoms with Gasteiger partial charge in [0.2, 0.25) is 5.91 Å². The standard InChI is InChI=1S/C24H25F3N4O2/c1-28-22(32)15-30-10-11-31(23(33)19-7-2-4-8-20(19)24(25,26)27)17(14-30)12-16-13-29-21-9-5-3-6-18(16)21/h2-9,13,17,29H,10-12,14-15H2,1H3,(H,28,32). The second-order valence-corrected chi connectivity index (χ2v) is 8.17. The van der Waals surface area contributed by atoms with Crippen LogP contribution in [0.3, 0.4) is 0 Å². The zero-order chi connectivity index (χ0) is 23.6. The molecule has 174 valence electrons. The molecule has 1 aromatic heterocycles. The molecule has 1 saturated heterocycles. The Morgan fingerprint density at radius 2 is 1.82 bits per heavy atom. The van der Waals surface area contributed by atoms with Crippen molar-refractivity contribution in [3.63, 3.8) is 0 Å². The van der Waals surface area contributed by atoms with Gasteiger partial charge >= 0.3 is 6.18 Å². The molecule has 1 aliphatic rings. The minimum atomic E-state index is -4.63. The quantitative estimate of drug-likeness (QED) is 0.617. The number of fused-ring (bicyclic) bond motifs is 1. The number of aromatic amines is 1. The smallest absolute Gasteiger partial charge is 0.361 e. The van der Waals surface area contributed by atoms with Crippen molar-refractivity contribution in [3.05, 3.63) is 71.4 Å². The maximum atomic E-state index is 13.6. The maximum Gasteiger partial charge on any atom is 0.417 e. The van der Waals surface area contributed by atoms with Crippen LogP contribution in [0.2, 0.25) is 0 Å². The number of aromatic nitrogens is 1. The number of para-hydroxylation sites is 1. The van der Waals surface area contributed by atoms with Crippen LogP contribution in [0.5, 0.6) is 0 Å². The van der Waals surface area contributed by atoms with E-state index in [1.807, 2.05) is 35.4 Å². The average molecular weight is 458 g/mol. The number of hydrogen-bond acceptors (Lipinski definition) is 3. The highest BCUT2D eigenvalue weighted by Crippen LogP contribution is 2.33. The molecule has 0 saturated carbocycles. The first-order valence-corrected chi connectivity index (χ1v) is 10.7. The lowest BCUT2D eigenvalue weighted by Gasteiger charge is -2.41. The third kappa shape index (κ3) is 4.88. The molecule has 2 amide bonds. The van der Waals surface area contributed by atoms with Crippen molar-refractivity contribution in [3.8, 4) is 0 Å². The number of amides is 2. The van der Waals surface area contributed by atoms with Crippen LogP contribution in [0.15, 0.2) is 54.7 Å². The predicted octanol–water partition coefficient (Wildman–Crippen LogP) is 3.30. The van der Waals surface area contributed by atoms with E-state index in [1.54, 1.807) is 7.05 Å². The molecular formula is C24H25F3N4O2. The second-order valence-electron chi connectivity index (χ2n) is 8.17. The Labute approximate surface area is 189 Å². The number of nitrogens with one attached hydrogen (secondary N) is 2. The SMILES string of the molecule is CNC(=O)CN1CCN(C(=O)c2ccccc2C(F)(F)F)C(Cc2c[nH]c3ccccc23)C1. The monoisotopic (exact) mass is 458 g/mol. The molecule has 3 aromatic rings. The molecule has 1 aliphatic heterocycles. The highest BCUT2D eigenvalue weighted by molar-refractivity contribution is 5.96. The van der Waals surface area contributed by atoms with Gasteiger partial charge in [-0.05, 0) is 30.2 Å². The van der Waals surface area contributed by atoms with Gasteiger partial charge < -0.3 is 15.2 Å². The Bertz CT molecular complexity index is 1160.